The van der Waals surface area contributed by atoms with Crippen LogP contribution in [0.25, 0.3) is 0 Å². The lowest BCUT2D eigenvalue weighted by molar-refractivity contribution is -0.211. The molecular weight excluding hydrogens is 397 g/mol. The number of hydrogen-bond donors (Lipinski definition) is 0. The second-order valence-corrected chi connectivity index (χ2v) is 9.26. The van der Waals surface area contributed by atoms with Crippen molar-refractivity contribution in [2.45, 2.75) is 44.8 Å². The molecule has 0 aliphatic carbocycles. The number of nitrogens with zero attached hydrogens (tertiary/aromatic N) is 3. The molecule has 0 saturated carbocycles. The van der Waals surface area contributed by atoms with Crippen LogP contribution in [0.3, 0.4) is 0 Å². The van der Waals surface area contributed by atoms with Crippen LogP contribution >= 0.6 is 0 Å². The van der Waals surface area contributed by atoms with E-state index in [1.807, 2.05) is 36.5 Å². The van der Waals surface area contributed by atoms with Gasteiger partial charge in [-0.05, 0) is 47.9 Å². The summed E-state index contributed by atoms with van der Waals surface area (Å²) < 4.78 is 27.7. The number of carbonyl (C=O) groups is 1. The summed E-state index contributed by atoms with van der Waals surface area (Å²) in [6.07, 6.45) is 5.64. The van der Waals surface area contributed by atoms with Crippen LogP contribution in [-0.4, -0.2) is 52.5 Å². The van der Waals surface area contributed by atoms with E-state index in [1.54, 1.807) is 4.68 Å². The Morgan fingerprint density at radius 1 is 1.32 bits per heavy atom. The number of hydrogen-bond acceptors (Lipinski definition) is 4. The Morgan fingerprint density at radius 3 is 2.77 bits per heavy atom. The van der Waals surface area contributed by atoms with E-state index in [0.29, 0.717) is 45.1 Å². The number of ether oxygens (including phenoxy) is 2. The predicted octanol–water partition coefficient (Wildman–Crippen LogP) is 3.52. The summed E-state index contributed by atoms with van der Waals surface area (Å²) in [4.78, 5) is 14.8. The average Bonchev–Trinajstić information content (AvgIpc) is 3.18. The smallest absolute Gasteiger partial charge is 0.223 e. The molecule has 7 heteroatoms. The molecule has 0 radical (unpaired) electrons. The average molecular weight is 430 g/mol. The van der Waals surface area contributed by atoms with Crippen LogP contribution in [0, 0.1) is 17.7 Å². The lowest BCUT2D eigenvalue weighted by Gasteiger charge is -2.50. The Hall–Kier alpha value is -2.25. The highest BCUT2D eigenvalue weighted by Crippen LogP contribution is 2.44. The summed E-state index contributed by atoms with van der Waals surface area (Å²) in [6, 6.07) is 6.59. The van der Waals surface area contributed by atoms with Crippen LogP contribution in [0.15, 0.2) is 36.7 Å². The zero-order valence-electron chi connectivity index (χ0n) is 18.6. The van der Waals surface area contributed by atoms with Gasteiger partial charge < -0.3 is 14.4 Å². The third kappa shape index (κ3) is 4.99. The van der Waals surface area contributed by atoms with Crippen LogP contribution in [0.1, 0.15) is 43.9 Å². The molecule has 0 unspecified atom stereocenters. The third-order valence-electron chi connectivity index (χ3n) is 6.56. The first-order chi connectivity index (χ1) is 14.8. The molecule has 2 fully saturated rings. The molecule has 31 heavy (non-hydrogen) atoms. The Labute approximate surface area is 183 Å². The zero-order valence-corrected chi connectivity index (χ0v) is 18.6. The maximum atomic E-state index is 13.4. The highest BCUT2D eigenvalue weighted by molar-refractivity contribution is 5.76. The highest BCUT2D eigenvalue weighted by atomic mass is 19.1. The zero-order chi connectivity index (χ0) is 22.0. The molecule has 168 valence electrons. The van der Waals surface area contributed by atoms with Crippen molar-refractivity contribution in [1.82, 2.24) is 14.7 Å². The number of benzene rings is 1. The van der Waals surface area contributed by atoms with Gasteiger partial charge in [-0.3, -0.25) is 9.48 Å². The predicted molar refractivity (Wildman–Crippen MR) is 115 cm³/mol. The fourth-order valence-electron chi connectivity index (χ4n) is 4.82. The summed E-state index contributed by atoms with van der Waals surface area (Å²) in [6.45, 7) is 6.49. The number of carbonyl (C=O) groups excluding carboxylic acids is 1. The van der Waals surface area contributed by atoms with Gasteiger partial charge in [-0.15, -0.1) is 0 Å². The van der Waals surface area contributed by atoms with Gasteiger partial charge in [-0.1, -0.05) is 26.0 Å². The Kier molecular flexibility index (Phi) is 6.44. The molecule has 1 aromatic carbocycles. The minimum atomic E-state index is -0.478. The van der Waals surface area contributed by atoms with Gasteiger partial charge in [0.25, 0.3) is 0 Å². The summed E-state index contributed by atoms with van der Waals surface area (Å²) >= 11 is 0. The SMILES string of the molecule is CC(C)[C@@H]1C[C@@]2(CO[C@H]1c1ccc(F)cc1)CN(C(=O)CCc1cnn(C)c1)CCO2. The fourth-order valence-corrected chi connectivity index (χ4v) is 4.82. The van der Waals surface area contributed by atoms with E-state index >= 15 is 0 Å². The number of aromatic nitrogens is 2. The minimum absolute atomic E-state index is 0.0912. The molecule has 0 bridgehead atoms. The van der Waals surface area contributed by atoms with E-state index in [4.69, 9.17) is 9.47 Å². The molecule has 1 spiro atoms. The Balaban J connectivity index is 1.42. The summed E-state index contributed by atoms with van der Waals surface area (Å²) in [5, 5.41) is 4.17. The monoisotopic (exact) mass is 429 g/mol. The lowest BCUT2D eigenvalue weighted by atomic mass is 9.75. The first-order valence-electron chi connectivity index (χ1n) is 11.1. The molecule has 3 heterocycles. The lowest BCUT2D eigenvalue weighted by Crippen LogP contribution is -2.59. The quantitative estimate of drug-likeness (QED) is 0.730. The topological polar surface area (TPSA) is 56.6 Å². The molecule has 2 aliphatic rings. The third-order valence-corrected chi connectivity index (χ3v) is 6.56. The molecular formula is C24H32FN3O3. The Bertz CT molecular complexity index is 898. The number of morpholine rings is 1. The maximum Gasteiger partial charge on any atom is 0.223 e. The molecule has 0 N–H and O–H groups in total. The standard InChI is InChI=1S/C24H32FN3O3/c1-17(2)21-12-24(16-30-23(21)19-5-7-20(25)8-6-19)15-28(10-11-31-24)22(29)9-4-18-13-26-27(3)14-18/h5-8,13-14,17,21,23H,4,9-12,15-16H2,1-3H3/t21-,23-,24-/m0/s1. The molecule has 2 aliphatic heterocycles. The van der Waals surface area contributed by atoms with Gasteiger partial charge in [0.2, 0.25) is 5.91 Å². The van der Waals surface area contributed by atoms with Crippen LogP contribution in [-0.2, 0) is 27.7 Å². The van der Waals surface area contributed by atoms with Crippen molar-refractivity contribution in [3.63, 3.8) is 0 Å². The van der Waals surface area contributed by atoms with E-state index in [1.165, 1.54) is 12.1 Å². The number of rotatable bonds is 5. The van der Waals surface area contributed by atoms with Crippen LogP contribution in [0.4, 0.5) is 4.39 Å². The molecule has 1 aromatic heterocycles. The van der Waals surface area contributed by atoms with Crippen molar-refractivity contribution < 1.29 is 18.7 Å². The van der Waals surface area contributed by atoms with E-state index in [0.717, 1.165) is 17.5 Å². The molecule has 4 rings (SSSR count). The van der Waals surface area contributed by atoms with E-state index in [2.05, 4.69) is 18.9 Å². The van der Waals surface area contributed by atoms with Crippen molar-refractivity contribution in [1.29, 1.82) is 0 Å². The second-order valence-electron chi connectivity index (χ2n) is 9.26. The van der Waals surface area contributed by atoms with Gasteiger partial charge >= 0.3 is 0 Å². The molecule has 3 atom stereocenters. The first-order valence-corrected chi connectivity index (χ1v) is 11.1. The second kappa shape index (κ2) is 9.09. The van der Waals surface area contributed by atoms with Gasteiger partial charge in [-0.2, -0.15) is 5.10 Å². The van der Waals surface area contributed by atoms with Crippen molar-refractivity contribution in [3.8, 4) is 0 Å². The van der Waals surface area contributed by atoms with Crippen molar-refractivity contribution in [2.24, 2.45) is 18.9 Å². The van der Waals surface area contributed by atoms with Crippen molar-refractivity contribution >= 4 is 5.91 Å². The van der Waals surface area contributed by atoms with Crippen molar-refractivity contribution in [2.75, 3.05) is 26.3 Å². The van der Waals surface area contributed by atoms with Gasteiger partial charge in [0, 0.05) is 26.2 Å². The molecule has 2 saturated heterocycles. The normalized spacial score (nSPS) is 26.5. The highest BCUT2D eigenvalue weighted by Gasteiger charge is 2.47. The first kappa shape index (κ1) is 22.0. The molecule has 2 aromatic rings. The number of aryl methyl sites for hydroxylation is 2. The van der Waals surface area contributed by atoms with E-state index in [-0.39, 0.29) is 23.7 Å². The summed E-state index contributed by atoms with van der Waals surface area (Å²) in [5.74, 6) is 0.499. The summed E-state index contributed by atoms with van der Waals surface area (Å²) in [5.41, 5.74) is 1.59. The van der Waals surface area contributed by atoms with Gasteiger partial charge in [0.1, 0.15) is 11.4 Å². The van der Waals surface area contributed by atoms with Gasteiger partial charge in [-0.25, -0.2) is 4.39 Å². The Morgan fingerprint density at radius 2 is 2.10 bits per heavy atom. The molecule has 1 amide bonds. The number of amides is 1. The van der Waals surface area contributed by atoms with Crippen LogP contribution < -0.4 is 0 Å². The van der Waals surface area contributed by atoms with E-state index < -0.39 is 5.60 Å². The van der Waals surface area contributed by atoms with E-state index in [9.17, 15) is 9.18 Å². The largest absolute Gasteiger partial charge is 0.370 e. The molecule has 6 nitrogen and oxygen atoms in total. The summed E-state index contributed by atoms with van der Waals surface area (Å²) in [7, 11) is 1.88. The fraction of sp³-hybridized carbons (Fsp3) is 0.583. The van der Waals surface area contributed by atoms with Gasteiger partial charge in [0.15, 0.2) is 0 Å². The number of halogens is 1. The maximum absolute atomic E-state index is 13.4. The van der Waals surface area contributed by atoms with Gasteiger partial charge in [0.05, 0.1) is 32.1 Å². The van der Waals surface area contributed by atoms with Crippen LogP contribution in [0.5, 0.6) is 0 Å². The minimum Gasteiger partial charge on any atom is -0.370 e. The van der Waals surface area contributed by atoms with Crippen molar-refractivity contribution in [3.05, 3.63) is 53.6 Å². The van der Waals surface area contributed by atoms with Crippen LogP contribution in [0.2, 0.25) is 0 Å².